The van der Waals surface area contributed by atoms with E-state index in [0.717, 1.165) is 22.3 Å². The number of fused-ring (bicyclic) bond motifs is 3. The van der Waals surface area contributed by atoms with Crippen LogP contribution in [0.2, 0.25) is 0 Å². The smallest absolute Gasteiger partial charge is 0.407 e. The van der Waals surface area contributed by atoms with E-state index in [-0.39, 0.29) is 37.8 Å². The van der Waals surface area contributed by atoms with Crippen molar-refractivity contribution >= 4 is 18.0 Å². The molecule has 0 heterocycles. The fraction of sp³-hybridized carbons (Fsp3) is 0.400. The number of rotatable bonds is 11. The quantitative estimate of drug-likeness (QED) is 0.480. The average Bonchev–Trinajstić information content (AvgIpc) is 3.13. The van der Waals surface area contributed by atoms with Crippen LogP contribution in [0.5, 0.6) is 0 Å². The molecule has 3 N–H and O–H groups in total. The Bertz CT molecular complexity index is 947. The fourth-order valence-electron chi connectivity index (χ4n) is 4.09. The Hall–Kier alpha value is -3.39. The highest BCUT2D eigenvalue weighted by Gasteiger charge is 2.29. The molecule has 8 nitrogen and oxygen atoms in total. The lowest BCUT2D eigenvalue weighted by Gasteiger charge is -2.19. The van der Waals surface area contributed by atoms with Gasteiger partial charge in [0, 0.05) is 25.6 Å². The van der Waals surface area contributed by atoms with Gasteiger partial charge in [-0.1, -0.05) is 55.5 Å². The van der Waals surface area contributed by atoms with E-state index in [0.29, 0.717) is 6.42 Å². The largest absolute Gasteiger partial charge is 0.481 e. The Morgan fingerprint density at radius 1 is 1.00 bits per heavy atom. The van der Waals surface area contributed by atoms with Crippen LogP contribution in [0.25, 0.3) is 11.1 Å². The van der Waals surface area contributed by atoms with E-state index in [1.807, 2.05) is 24.3 Å². The Kier molecular flexibility index (Phi) is 8.43. The second kappa shape index (κ2) is 11.5. The minimum Gasteiger partial charge on any atom is -0.481 e. The van der Waals surface area contributed by atoms with E-state index in [9.17, 15) is 14.4 Å². The highest BCUT2D eigenvalue weighted by Crippen LogP contribution is 2.44. The topological polar surface area (TPSA) is 114 Å². The third kappa shape index (κ3) is 6.32. The van der Waals surface area contributed by atoms with E-state index in [4.69, 9.17) is 14.6 Å². The van der Waals surface area contributed by atoms with Gasteiger partial charge < -0.3 is 25.2 Å². The van der Waals surface area contributed by atoms with Crippen LogP contribution in [0.1, 0.15) is 43.2 Å². The Morgan fingerprint density at radius 3 is 2.15 bits per heavy atom. The third-order valence-corrected chi connectivity index (χ3v) is 5.84. The van der Waals surface area contributed by atoms with Crippen LogP contribution in [0.4, 0.5) is 4.79 Å². The predicted octanol–water partition coefficient (Wildman–Crippen LogP) is 3.30. The van der Waals surface area contributed by atoms with Crippen LogP contribution < -0.4 is 10.6 Å². The number of methoxy groups -OCH3 is 1. The maximum absolute atomic E-state index is 12.3. The van der Waals surface area contributed by atoms with Gasteiger partial charge in [-0.3, -0.25) is 9.59 Å². The number of hydrogen-bond donors (Lipinski definition) is 3. The van der Waals surface area contributed by atoms with Crippen LogP contribution in [0.15, 0.2) is 48.5 Å². The summed E-state index contributed by atoms with van der Waals surface area (Å²) in [7, 11) is 1.45. The first kappa shape index (κ1) is 24.3. The zero-order valence-electron chi connectivity index (χ0n) is 18.9. The minimum absolute atomic E-state index is 0.00370. The summed E-state index contributed by atoms with van der Waals surface area (Å²) >= 11 is 0. The molecule has 2 aromatic carbocycles. The molecule has 3 rings (SSSR count). The van der Waals surface area contributed by atoms with E-state index >= 15 is 0 Å². The fourth-order valence-corrected chi connectivity index (χ4v) is 4.09. The van der Waals surface area contributed by atoms with E-state index in [1.165, 1.54) is 7.11 Å². The SMILES string of the molecule is CC[C@H](CC(=O)O)NC(=O)CC(CNC(=O)OCC1c2ccccc2-c2ccccc21)OC. The molecule has 0 bridgehead atoms. The zero-order valence-corrected chi connectivity index (χ0v) is 18.9. The molecule has 176 valence electrons. The van der Waals surface area contributed by atoms with Crippen molar-refractivity contribution in [3.05, 3.63) is 59.7 Å². The Balaban J connectivity index is 1.49. The molecule has 0 radical (unpaired) electrons. The summed E-state index contributed by atoms with van der Waals surface area (Å²) in [4.78, 5) is 35.4. The highest BCUT2D eigenvalue weighted by molar-refractivity contribution is 5.79. The molecule has 33 heavy (non-hydrogen) atoms. The molecule has 1 unspecified atom stereocenters. The van der Waals surface area contributed by atoms with Crippen molar-refractivity contribution in [2.45, 2.75) is 44.2 Å². The van der Waals surface area contributed by atoms with Gasteiger partial charge in [-0.25, -0.2) is 4.79 Å². The van der Waals surface area contributed by atoms with Gasteiger partial charge in [-0.05, 0) is 28.7 Å². The van der Waals surface area contributed by atoms with Crippen molar-refractivity contribution in [1.29, 1.82) is 0 Å². The van der Waals surface area contributed by atoms with Crippen LogP contribution in [0.3, 0.4) is 0 Å². The number of carboxylic acids is 1. The van der Waals surface area contributed by atoms with E-state index in [2.05, 4.69) is 34.9 Å². The summed E-state index contributed by atoms with van der Waals surface area (Å²) in [5.41, 5.74) is 4.57. The second-order valence-electron chi connectivity index (χ2n) is 8.04. The lowest BCUT2D eigenvalue weighted by atomic mass is 9.98. The number of benzene rings is 2. The number of carbonyl (C=O) groups is 3. The number of carbonyl (C=O) groups excluding carboxylic acids is 2. The molecule has 2 atom stereocenters. The molecule has 1 aliphatic rings. The Labute approximate surface area is 193 Å². The normalized spacial score (nSPS) is 14.0. The van der Waals surface area contributed by atoms with Gasteiger partial charge in [0.15, 0.2) is 0 Å². The van der Waals surface area contributed by atoms with Crippen molar-refractivity contribution in [2.24, 2.45) is 0 Å². The van der Waals surface area contributed by atoms with Crippen molar-refractivity contribution in [3.63, 3.8) is 0 Å². The summed E-state index contributed by atoms with van der Waals surface area (Å²) in [6.07, 6.45) is -0.786. The number of nitrogens with one attached hydrogen (secondary N) is 2. The molecule has 1 aliphatic carbocycles. The van der Waals surface area contributed by atoms with E-state index < -0.39 is 24.2 Å². The molecule has 2 aromatic rings. The molecule has 0 saturated heterocycles. The van der Waals surface area contributed by atoms with E-state index in [1.54, 1.807) is 6.92 Å². The first-order valence-corrected chi connectivity index (χ1v) is 11.1. The molecule has 2 amide bonds. The lowest BCUT2D eigenvalue weighted by Crippen LogP contribution is -2.41. The zero-order chi connectivity index (χ0) is 23.8. The standard InChI is InChI=1S/C25H30N2O6/c1-3-16(12-24(29)30)27-23(28)13-17(32-2)14-26-25(31)33-15-22-20-10-6-4-8-18(20)19-9-5-7-11-21(19)22/h4-11,16-17,22H,3,12-15H2,1-2H3,(H,26,31)(H,27,28)(H,29,30)/t16-,17?/m1/s1. The van der Waals surface area contributed by atoms with Crippen molar-refractivity contribution in [3.8, 4) is 11.1 Å². The monoisotopic (exact) mass is 454 g/mol. The molecular formula is C25H30N2O6. The minimum atomic E-state index is -0.970. The third-order valence-electron chi connectivity index (χ3n) is 5.84. The number of ether oxygens (including phenoxy) is 2. The summed E-state index contributed by atoms with van der Waals surface area (Å²) in [6.45, 7) is 2.10. The molecule has 0 aliphatic heterocycles. The average molecular weight is 455 g/mol. The van der Waals surface area contributed by atoms with Gasteiger partial charge in [0.1, 0.15) is 6.61 Å². The molecule has 0 saturated carbocycles. The van der Waals surface area contributed by atoms with Crippen molar-refractivity contribution in [1.82, 2.24) is 10.6 Å². The molecule has 8 heteroatoms. The van der Waals surface area contributed by atoms with Gasteiger partial charge >= 0.3 is 12.1 Å². The van der Waals surface area contributed by atoms with Gasteiger partial charge in [0.2, 0.25) is 5.91 Å². The van der Waals surface area contributed by atoms with Crippen LogP contribution in [-0.4, -0.2) is 55.5 Å². The predicted molar refractivity (Wildman–Crippen MR) is 123 cm³/mol. The maximum Gasteiger partial charge on any atom is 0.407 e. The van der Waals surface area contributed by atoms with Gasteiger partial charge in [-0.15, -0.1) is 0 Å². The first-order valence-electron chi connectivity index (χ1n) is 11.1. The van der Waals surface area contributed by atoms with Crippen molar-refractivity contribution in [2.75, 3.05) is 20.3 Å². The number of alkyl carbamates (subject to hydrolysis) is 1. The Morgan fingerprint density at radius 2 is 1.61 bits per heavy atom. The maximum atomic E-state index is 12.3. The number of aliphatic carboxylic acids is 1. The van der Waals surface area contributed by atoms with Crippen LogP contribution >= 0.6 is 0 Å². The molecule has 0 aromatic heterocycles. The number of amides is 2. The summed E-state index contributed by atoms with van der Waals surface area (Å²) in [5.74, 6) is -1.33. The molecular weight excluding hydrogens is 424 g/mol. The van der Waals surface area contributed by atoms with Gasteiger partial charge in [0.25, 0.3) is 0 Å². The highest BCUT2D eigenvalue weighted by atomic mass is 16.5. The number of carboxylic acid groups (broad SMARTS) is 1. The number of hydrogen-bond acceptors (Lipinski definition) is 5. The van der Waals surface area contributed by atoms with Crippen molar-refractivity contribution < 1.29 is 29.0 Å². The van der Waals surface area contributed by atoms with Gasteiger partial charge in [0.05, 0.1) is 18.9 Å². The molecule has 0 fully saturated rings. The molecule has 0 spiro atoms. The summed E-state index contributed by atoms with van der Waals surface area (Å²) in [6, 6.07) is 15.8. The summed E-state index contributed by atoms with van der Waals surface area (Å²) < 4.78 is 10.8. The second-order valence-corrected chi connectivity index (χ2v) is 8.04. The van der Waals surface area contributed by atoms with Crippen LogP contribution in [0, 0.1) is 0 Å². The van der Waals surface area contributed by atoms with Crippen LogP contribution in [-0.2, 0) is 19.1 Å². The summed E-state index contributed by atoms with van der Waals surface area (Å²) in [5, 5.41) is 14.2. The lowest BCUT2D eigenvalue weighted by molar-refractivity contribution is -0.137. The van der Waals surface area contributed by atoms with Gasteiger partial charge in [-0.2, -0.15) is 0 Å². The first-order chi connectivity index (χ1) is 15.9.